The van der Waals surface area contributed by atoms with Gasteiger partial charge in [0.05, 0.1) is 32.7 Å². The number of aromatic nitrogens is 5. The zero-order chi connectivity index (χ0) is 43.6. The molecule has 0 radical (unpaired) electrons. The number of nitrogens with zero attached hydrogens (tertiary/aromatic N) is 7. The van der Waals surface area contributed by atoms with Crippen molar-refractivity contribution in [2.45, 2.75) is 38.8 Å². The van der Waals surface area contributed by atoms with Crippen LogP contribution in [0.15, 0.2) is 72.9 Å². The standard InChI is InChI=1S/C23H29N3O2.C20H22N8O5/c1-17-19(20-15-22(27-2)23(28-3)16-21(20)24-17)9-10-25-11-13-26(14-12-25)18-7-5-4-6-8-18;1-28(9-11-8-23-17-15(24-11)16(21)26-20(22)27-17)12-4-2-10(3-5-12)18(31)25-13(19(32)33)6-7-14(29)30/h4-8,15-16,24H,9-14H2,1-3H3;2-5,8,13H,6-7,9H2,1H3,(H,25,31)(H,29,30)(H,32,33)(H4,21,22,23,26,27)/t;13-/m.0/s1. The molecule has 0 unspecified atom stereocenters. The van der Waals surface area contributed by atoms with Crippen LogP contribution in [-0.2, 0) is 22.6 Å². The molecular formula is C43H51N11O7. The summed E-state index contributed by atoms with van der Waals surface area (Å²) in [7, 11) is 5.18. The molecule has 0 spiro atoms. The fourth-order valence-corrected chi connectivity index (χ4v) is 7.20. The number of anilines is 4. The SMILES string of the molecule is CN(Cc1cnc2nc(N)nc(N)c2n1)c1ccc(C(=O)N[C@@H](CCC(=O)O)C(=O)O)cc1.COc1cc2[nH]c(C)c(CCN3CCN(c4ccccc4)CC3)c2cc1OC. The number of aryl methyl sites for hydroxylation is 1. The quantitative estimate of drug-likeness (QED) is 0.0851. The van der Waals surface area contributed by atoms with Gasteiger partial charge < -0.3 is 51.3 Å². The number of carbonyl (C=O) groups excluding carboxylic acids is 1. The smallest absolute Gasteiger partial charge is 0.326 e. The fourth-order valence-electron chi connectivity index (χ4n) is 7.20. The number of carboxylic acids is 2. The molecule has 1 aliphatic heterocycles. The van der Waals surface area contributed by atoms with E-state index in [2.05, 4.69) is 83.4 Å². The summed E-state index contributed by atoms with van der Waals surface area (Å²) in [5.41, 5.74) is 18.7. The lowest BCUT2D eigenvalue weighted by Gasteiger charge is -2.36. The molecule has 0 bridgehead atoms. The molecule has 4 heterocycles. The topological polar surface area (TPSA) is 251 Å². The molecule has 0 saturated carbocycles. The normalized spacial score (nSPS) is 13.3. The number of aromatic amines is 1. The Kier molecular flexibility index (Phi) is 14.0. The fraction of sp³-hybridized carbons (Fsp3) is 0.326. The molecule has 1 aliphatic rings. The number of methoxy groups -OCH3 is 2. The molecule has 8 N–H and O–H groups in total. The number of rotatable bonds is 15. The second-order valence-electron chi connectivity index (χ2n) is 14.6. The molecule has 3 aromatic heterocycles. The van der Waals surface area contributed by atoms with Crippen molar-refractivity contribution in [2.24, 2.45) is 0 Å². The molecule has 61 heavy (non-hydrogen) atoms. The molecule has 7 rings (SSSR count). The van der Waals surface area contributed by atoms with Crippen LogP contribution in [0, 0.1) is 6.92 Å². The van der Waals surface area contributed by atoms with Crippen LogP contribution in [0.25, 0.3) is 22.1 Å². The summed E-state index contributed by atoms with van der Waals surface area (Å²) in [4.78, 5) is 61.2. The first-order valence-electron chi connectivity index (χ1n) is 19.7. The molecule has 1 atom stereocenters. The van der Waals surface area contributed by atoms with Crippen molar-refractivity contribution in [1.82, 2.24) is 35.1 Å². The Hall–Kier alpha value is -7.21. The minimum Gasteiger partial charge on any atom is -0.493 e. The van der Waals surface area contributed by atoms with Gasteiger partial charge in [-0.15, -0.1) is 0 Å². The summed E-state index contributed by atoms with van der Waals surface area (Å²) in [6, 6.07) is 20.0. The Bertz CT molecular complexity index is 2470. The molecular weight excluding hydrogens is 783 g/mol. The minimum absolute atomic E-state index is 0.0138. The van der Waals surface area contributed by atoms with Gasteiger partial charge >= 0.3 is 11.9 Å². The van der Waals surface area contributed by atoms with E-state index < -0.39 is 23.9 Å². The van der Waals surface area contributed by atoms with Crippen molar-refractivity contribution in [1.29, 1.82) is 0 Å². The van der Waals surface area contributed by atoms with Crippen molar-refractivity contribution < 1.29 is 34.1 Å². The molecule has 18 nitrogen and oxygen atoms in total. The van der Waals surface area contributed by atoms with Crippen LogP contribution in [0.1, 0.15) is 40.2 Å². The summed E-state index contributed by atoms with van der Waals surface area (Å²) in [6.07, 6.45) is 2.00. The van der Waals surface area contributed by atoms with E-state index in [1.165, 1.54) is 34.5 Å². The zero-order valence-corrected chi connectivity index (χ0v) is 34.6. The monoisotopic (exact) mass is 833 g/mol. The van der Waals surface area contributed by atoms with Gasteiger partial charge in [-0.25, -0.2) is 14.8 Å². The Labute approximate surface area is 352 Å². The molecule has 3 aromatic carbocycles. The van der Waals surface area contributed by atoms with Gasteiger partial charge in [0, 0.05) is 85.8 Å². The number of carboxylic acid groups (broad SMARTS) is 2. The number of benzene rings is 3. The zero-order valence-electron chi connectivity index (χ0n) is 34.6. The number of aliphatic carboxylic acids is 2. The van der Waals surface area contributed by atoms with Crippen molar-refractivity contribution in [3.8, 4) is 11.5 Å². The first-order chi connectivity index (χ1) is 29.3. The van der Waals surface area contributed by atoms with E-state index in [4.69, 9.17) is 26.0 Å². The maximum Gasteiger partial charge on any atom is 0.326 e. The van der Waals surface area contributed by atoms with Gasteiger partial charge in [0.2, 0.25) is 5.95 Å². The number of nitrogens with one attached hydrogen (secondary N) is 2. The van der Waals surface area contributed by atoms with Crippen molar-refractivity contribution in [3.63, 3.8) is 0 Å². The van der Waals surface area contributed by atoms with Crippen LogP contribution in [-0.4, -0.2) is 118 Å². The van der Waals surface area contributed by atoms with E-state index in [-0.39, 0.29) is 30.2 Å². The largest absolute Gasteiger partial charge is 0.493 e. The number of para-hydroxylation sites is 1. The number of ether oxygens (including phenoxy) is 2. The number of fused-ring (bicyclic) bond motifs is 2. The van der Waals surface area contributed by atoms with E-state index in [0.717, 1.165) is 61.8 Å². The van der Waals surface area contributed by atoms with Crippen molar-refractivity contribution in [2.75, 3.05) is 75.3 Å². The molecule has 1 amide bonds. The van der Waals surface area contributed by atoms with Crippen molar-refractivity contribution >= 4 is 63.1 Å². The summed E-state index contributed by atoms with van der Waals surface area (Å²) >= 11 is 0. The van der Waals surface area contributed by atoms with Crippen LogP contribution in [0.5, 0.6) is 11.5 Å². The number of H-pyrrole nitrogens is 1. The Morgan fingerprint density at radius 3 is 2.28 bits per heavy atom. The van der Waals surface area contributed by atoms with Crippen LogP contribution < -0.4 is 36.1 Å². The predicted octanol–water partition coefficient (Wildman–Crippen LogP) is 4.13. The van der Waals surface area contributed by atoms with Gasteiger partial charge in [0.1, 0.15) is 6.04 Å². The van der Waals surface area contributed by atoms with Crippen LogP contribution >= 0.6 is 0 Å². The summed E-state index contributed by atoms with van der Waals surface area (Å²) < 4.78 is 10.9. The Morgan fingerprint density at radius 2 is 1.62 bits per heavy atom. The van der Waals surface area contributed by atoms with Gasteiger partial charge in [0.25, 0.3) is 5.91 Å². The maximum absolute atomic E-state index is 12.4. The second-order valence-corrected chi connectivity index (χ2v) is 14.6. The van der Waals surface area contributed by atoms with E-state index in [0.29, 0.717) is 23.4 Å². The third-order valence-electron chi connectivity index (χ3n) is 10.5. The van der Waals surface area contributed by atoms with Gasteiger partial charge in [-0.2, -0.15) is 9.97 Å². The van der Waals surface area contributed by atoms with Crippen LogP contribution in [0.3, 0.4) is 0 Å². The third kappa shape index (κ3) is 10.9. The van der Waals surface area contributed by atoms with E-state index in [9.17, 15) is 19.5 Å². The number of hydrogen-bond acceptors (Lipinski definition) is 14. The van der Waals surface area contributed by atoms with E-state index in [1.54, 1.807) is 32.5 Å². The van der Waals surface area contributed by atoms with Crippen molar-refractivity contribution in [3.05, 3.63) is 95.4 Å². The number of nitrogen functional groups attached to an aromatic ring is 2. The van der Waals surface area contributed by atoms with Gasteiger partial charge in [0.15, 0.2) is 28.5 Å². The summed E-state index contributed by atoms with van der Waals surface area (Å²) in [6.45, 7) is 7.98. The average molecular weight is 834 g/mol. The lowest BCUT2D eigenvalue weighted by atomic mass is 10.1. The van der Waals surface area contributed by atoms with E-state index >= 15 is 0 Å². The molecule has 0 aliphatic carbocycles. The first kappa shape index (κ1) is 43.4. The highest BCUT2D eigenvalue weighted by atomic mass is 16.5. The number of hydrogen-bond donors (Lipinski definition) is 6. The number of amides is 1. The number of carbonyl (C=O) groups is 3. The molecule has 1 fully saturated rings. The predicted molar refractivity (Wildman–Crippen MR) is 233 cm³/mol. The van der Waals surface area contributed by atoms with Gasteiger partial charge in [-0.05, 0) is 67.8 Å². The number of nitrogens with two attached hydrogens (primary N) is 2. The lowest BCUT2D eigenvalue weighted by molar-refractivity contribution is -0.140. The number of piperazine rings is 1. The Balaban J connectivity index is 0.000000206. The summed E-state index contributed by atoms with van der Waals surface area (Å²) in [5.74, 6) is -1.36. The highest BCUT2D eigenvalue weighted by molar-refractivity contribution is 5.97. The average Bonchev–Trinajstić information content (AvgIpc) is 3.57. The van der Waals surface area contributed by atoms with E-state index in [1.807, 2.05) is 18.0 Å². The molecule has 1 saturated heterocycles. The highest BCUT2D eigenvalue weighted by Gasteiger charge is 2.22. The van der Waals surface area contributed by atoms with Gasteiger partial charge in [-0.1, -0.05) is 18.2 Å². The third-order valence-corrected chi connectivity index (χ3v) is 10.5. The van der Waals surface area contributed by atoms with Crippen LogP contribution in [0.2, 0.25) is 0 Å². The lowest BCUT2D eigenvalue weighted by Crippen LogP contribution is -2.47. The first-order valence-corrected chi connectivity index (χ1v) is 19.7. The Morgan fingerprint density at radius 1 is 0.934 bits per heavy atom. The summed E-state index contributed by atoms with van der Waals surface area (Å²) in [5, 5.41) is 21.5. The highest BCUT2D eigenvalue weighted by Crippen LogP contribution is 2.35. The molecule has 6 aromatic rings. The second kappa shape index (κ2) is 19.7. The van der Waals surface area contributed by atoms with Crippen LogP contribution in [0.4, 0.5) is 23.1 Å². The maximum atomic E-state index is 12.4. The minimum atomic E-state index is -1.30. The van der Waals surface area contributed by atoms with Gasteiger partial charge in [-0.3, -0.25) is 14.5 Å². The molecule has 320 valence electrons. The molecule has 18 heteroatoms.